The molecule has 6 heteroatoms. The highest BCUT2D eigenvalue weighted by atomic mass is 15.1. The lowest BCUT2D eigenvalue weighted by atomic mass is 9.99. The molecule has 0 aliphatic carbocycles. The number of hydrogen-bond acceptors (Lipinski definition) is 6. The molecule has 0 amide bonds. The van der Waals surface area contributed by atoms with Crippen molar-refractivity contribution in [2.45, 2.75) is 12.3 Å². The lowest BCUT2D eigenvalue weighted by Crippen LogP contribution is -2.14. The van der Waals surface area contributed by atoms with Crippen LogP contribution in [0.4, 0.5) is 17.6 Å². The van der Waals surface area contributed by atoms with Gasteiger partial charge < -0.3 is 22.5 Å². The molecular formula is C8H14N6. The Morgan fingerprint density at radius 3 is 2.29 bits per heavy atom. The van der Waals surface area contributed by atoms with Gasteiger partial charge in [0, 0.05) is 18.0 Å². The first kappa shape index (κ1) is 9.01. The van der Waals surface area contributed by atoms with E-state index >= 15 is 0 Å². The summed E-state index contributed by atoms with van der Waals surface area (Å²) in [6, 6.07) is 0. The molecule has 0 spiro atoms. The Labute approximate surface area is 81.9 Å². The summed E-state index contributed by atoms with van der Waals surface area (Å²) in [5, 5.41) is 3.24. The van der Waals surface area contributed by atoms with Gasteiger partial charge >= 0.3 is 0 Å². The molecular weight excluding hydrogens is 180 g/mol. The number of nitrogen functional groups attached to an aromatic ring is 3. The average Bonchev–Trinajstić information content (AvgIpc) is 2.54. The predicted molar refractivity (Wildman–Crippen MR) is 55.5 cm³/mol. The van der Waals surface area contributed by atoms with E-state index in [-0.39, 0.29) is 5.95 Å². The normalized spacial score (nSPS) is 21.3. The summed E-state index contributed by atoms with van der Waals surface area (Å²) in [7, 11) is 0. The maximum Gasteiger partial charge on any atom is 0.223 e. The molecule has 1 atom stereocenters. The molecule has 1 aliphatic rings. The number of rotatable bonds is 1. The molecule has 1 unspecified atom stereocenters. The zero-order valence-electron chi connectivity index (χ0n) is 7.83. The van der Waals surface area contributed by atoms with E-state index in [4.69, 9.17) is 17.2 Å². The molecule has 14 heavy (non-hydrogen) atoms. The van der Waals surface area contributed by atoms with Crippen LogP contribution in [0.15, 0.2) is 0 Å². The quantitative estimate of drug-likeness (QED) is 0.470. The van der Waals surface area contributed by atoms with Gasteiger partial charge in [-0.05, 0) is 13.0 Å². The minimum Gasteiger partial charge on any atom is -0.383 e. The maximum absolute atomic E-state index is 5.76. The molecule has 7 N–H and O–H groups in total. The van der Waals surface area contributed by atoms with Crippen LogP contribution in [0.25, 0.3) is 0 Å². The van der Waals surface area contributed by atoms with Crippen LogP contribution in [-0.2, 0) is 0 Å². The van der Waals surface area contributed by atoms with Crippen molar-refractivity contribution < 1.29 is 0 Å². The number of nitrogens with two attached hydrogens (primary N) is 3. The topological polar surface area (TPSA) is 116 Å². The Bertz CT molecular complexity index is 321. The van der Waals surface area contributed by atoms with Crippen molar-refractivity contribution in [1.29, 1.82) is 0 Å². The molecule has 76 valence electrons. The van der Waals surface area contributed by atoms with E-state index in [2.05, 4.69) is 15.3 Å². The highest BCUT2D eigenvalue weighted by Gasteiger charge is 2.23. The van der Waals surface area contributed by atoms with Gasteiger partial charge in [-0.3, -0.25) is 0 Å². The lowest BCUT2D eigenvalue weighted by Gasteiger charge is -2.13. The highest BCUT2D eigenvalue weighted by Crippen LogP contribution is 2.30. The van der Waals surface area contributed by atoms with Gasteiger partial charge in [0.05, 0.1) is 0 Å². The Balaban J connectivity index is 2.40. The van der Waals surface area contributed by atoms with Crippen LogP contribution in [0.2, 0.25) is 0 Å². The average molecular weight is 194 g/mol. The Morgan fingerprint density at radius 1 is 1.14 bits per heavy atom. The van der Waals surface area contributed by atoms with Gasteiger partial charge in [0.1, 0.15) is 11.6 Å². The van der Waals surface area contributed by atoms with Gasteiger partial charge in [-0.25, -0.2) is 0 Å². The fourth-order valence-corrected chi connectivity index (χ4v) is 1.84. The Hall–Kier alpha value is -1.56. The van der Waals surface area contributed by atoms with Gasteiger partial charge in [0.2, 0.25) is 5.95 Å². The molecule has 0 saturated carbocycles. The summed E-state index contributed by atoms with van der Waals surface area (Å²) < 4.78 is 0. The SMILES string of the molecule is Nc1nc(N)c(C2CCNC2)c(N)n1. The fraction of sp³-hybridized carbons (Fsp3) is 0.500. The van der Waals surface area contributed by atoms with Crippen molar-refractivity contribution in [3.05, 3.63) is 5.56 Å². The number of hydrogen-bond donors (Lipinski definition) is 4. The largest absolute Gasteiger partial charge is 0.383 e. The minimum atomic E-state index is 0.134. The summed E-state index contributed by atoms with van der Waals surface area (Å²) in [5.41, 5.74) is 17.8. The van der Waals surface area contributed by atoms with Crippen LogP contribution >= 0.6 is 0 Å². The molecule has 2 rings (SSSR count). The molecule has 1 aromatic rings. The molecule has 0 bridgehead atoms. The van der Waals surface area contributed by atoms with Crippen molar-refractivity contribution in [3.63, 3.8) is 0 Å². The maximum atomic E-state index is 5.76. The second-order valence-electron chi connectivity index (χ2n) is 3.46. The van der Waals surface area contributed by atoms with E-state index in [1.165, 1.54) is 0 Å². The number of nitrogens with one attached hydrogen (secondary N) is 1. The first-order valence-electron chi connectivity index (χ1n) is 4.57. The van der Waals surface area contributed by atoms with Crippen molar-refractivity contribution >= 4 is 17.6 Å². The molecule has 0 radical (unpaired) electrons. The molecule has 1 aliphatic heterocycles. The van der Waals surface area contributed by atoms with Crippen molar-refractivity contribution in [3.8, 4) is 0 Å². The third-order valence-corrected chi connectivity index (χ3v) is 2.49. The first-order chi connectivity index (χ1) is 6.68. The van der Waals surface area contributed by atoms with E-state index < -0.39 is 0 Å². The van der Waals surface area contributed by atoms with Crippen LogP contribution < -0.4 is 22.5 Å². The zero-order valence-corrected chi connectivity index (χ0v) is 7.83. The standard InChI is InChI=1S/C8H14N6/c9-6-5(4-1-2-12-3-4)7(10)14-8(11)13-6/h4,12H,1-3H2,(H6,9,10,11,13,14). The van der Waals surface area contributed by atoms with Crippen LogP contribution in [0.3, 0.4) is 0 Å². The van der Waals surface area contributed by atoms with Crippen LogP contribution in [0.5, 0.6) is 0 Å². The Morgan fingerprint density at radius 2 is 1.79 bits per heavy atom. The van der Waals surface area contributed by atoms with Gasteiger partial charge in [-0.1, -0.05) is 0 Å². The fourth-order valence-electron chi connectivity index (χ4n) is 1.84. The minimum absolute atomic E-state index is 0.134. The van der Waals surface area contributed by atoms with Crippen molar-refractivity contribution in [2.75, 3.05) is 30.3 Å². The third-order valence-electron chi connectivity index (χ3n) is 2.49. The molecule has 1 saturated heterocycles. The molecule has 6 nitrogen and oxygen atoms in total. The highest BCUT2D eigenvalue weighted by molar-refractivity contribution is 5.58. The number of anilines is 3. The third kappa shape index (κ3) is 1.44. The van der Waals surface area contributed by atoms with Gasteiger partial charge in [0.25, 0.3) is 0 Å². The molecule has 1 fully saturated rings. The van der Waals surface area contributed by atoms with Crippen LogP contribution in [-0.4, -0.2) is 23.1 Å². The number of aromatic nitrogens is 2. The van der Waals surface area contributed by atoms with Crippen molar-refractivity contribution in [1.82, 2.24) is 15.3 Å². The van der Waals surface area contributed by atoms with Gasteiger partial charge in [-0.2, -0.15) is 9.97 Å². The van der Waals surface area contributed by atoms with E-state index in [9.17, 15) is 0 Å². The first-order valence-corrected chi connectivity index (χ1v) is 4.57. The van der Waals surface area contributed by atoms with Crippen LogP contribution in [0, 0.1) is 0 Å². The summed E-state index contributed by atoms with van der Waals surface area (Å²) in [6.07, 6.45) is 1.02. The lowest BCUT2D eigenvalue weighted by molar-refractivity contribution is 0.760. The van der Waals surface area contributed by atoms with E-state index in [0.29, 0.717) is 17.6 Å². The summed E-state index contributed by atoms with van der Waals surface area (Å²) in [4.78, 5) is 7.83. The summed E-state index contributed by atoms with van der Waals surface area (Å²) in [6.45, 7) is 1.86. The van der Waals surface area contributed by atoms with E-state index in [1.807, 2.05) is 0 Å². The van der Waals surface area contributed by atoms with E-state index in [1.54, 1.807) is 0 Å². The molecule has 1 aromatic heterocycles. The molecule has 2 heterocycles. The van der Waals surface area contributed by atoms with Crippen molar-refractivity contribution in [2.24, 2.45) is 0 Å². The van der Waals surface area contributed by atoms with Gasteiger partial charge in [-0.15, -0.1) is 0 Å². The van der Waals surface area contributed by atoms with Gasteiger partial charge in [0.15, 0.2) is 0 Å². The summed E-state index contributed by atoms with van der Waals surface area (Å²) >= 11 is 0. The van der Waals surface area contributed by atoms with Crippen LogP contribution in [0.1, 0.15) is 17.9 Å². The zero-order chi connectivity index (χ0) is 10.1. The molecule has 0 aromatic carbocycles. The van der Waals surface area contributed by atoms with E-state index in [0.717, 1.165) is 25.1 Å². The number of nitrogens with zero attached hydrogens (tertiary/aromatic N) is 2. The second kappa shape index (κ2) is 3.30. The smallest absolute Gasteiger partial charge is 0.223 e. The predicted octanol–water partition coefficient (Wildman–Crippen LogP) is -0.700. The monoisotopic (exact) mass is 194 g/mol. The Kier molecular flexibility index (Phi) is 2.12. The second-order valence-corrected chi connectivity index (χ2v) is 3.46. The summed E-state index contributed by atoms with van der Waals surface area (Å²) in [5.74, 6) is 1.26.